The van der Waals surface area contributed by atoms with Crippen LogP contribution in [0.4, 0.5) is 5.69 Å². The highest BCUT2D eigenvalue weighted by Gasteiger charge is 2.17. The molecule has 1 aliphatic rings. The summed E-state index contributed by atoms with van der Waals surface area (Å²) < 4.78 is 0. The van der Waals surface area contributed by atoms with Crippen molar-refractivity contribution in [1.29, 1.82) is 0 Å². The second kappa shape index (κ2) is 4.34. The Morgan fingerprint density at radius 1 is 1.33 bits per heavy atom. The maximum absolute atomic E-state index is 11.4. The van der Waals surface area contributed by atoms with E-state index in [1.165, 1.54) is 0 Å². The number of rotatable bonds is 1. The highest BCUT2D eigenvalue weighted by molar-refractivity contribution is 5.76. The Labute approximate surface area is 89.7 Å². The number of anilines is 1. The lowest BCUT2D eigenvalue weighted by Gasteiger charge is -2.16. The predicted octanol–water partition coefficient (Wildman–Crippen LogP) is 2.00. The minimum absolute atomic E-state index is 0.142. The number of nitrogens with one attached hydrogen (secondary N) is 1. The van der Waals surface area contributed by atoms with Gasteiger partial charge >= 0.3 is 0 Å². The fraction of sp³-hybridized carbons (Fsp3) is 0.417. The van der Waals surface area contributed by atoms with E-state index in [1.807, 2.05) is 24.3 Å². The molecule has 1 unspecified atom stereocenters. The van der Waals surface area contributed by atoms with Crippen molar-refractivity contribution in [2.24, 2.45) is 0 Å². The van der Waals surface area contributed by atoms with E-state index in [2.05, 4.69) is 5.32 Å². The first-order valence-electron chi connectivity index (χ1n) is 5.40. The van der Waals surface area contributed by atoms with E-state index in [1.54, 1.807) is 0 Å². The highest BCUT2D eigenvalue weighted by atomic mass is 16.1. The molecule has 1 heterocycles. The van der Waals surface area contributed by atoms with Crippen molar-refractivity contribution >= 4 is 11.6 Å². The van der Waals surface area contributed by atoms with Crippen molar-refractivity contribution < 1.29 is 4.79 Å². The molecule has 80 valence electrons. The minimum Gasteiger partial charge on any atom is -0.399 e. The van der Waals surface area contributed by atoms with Crippen molar-refractivity contribution in [3.63, 3.8) is 0 Å². The SMILES string of the molecule is Nc1cccc(C2CCCCC(=O)N2)c1. The van der Waals surface area contributed by atoms with Crippen LogP contribution in [0.2, 0.25) is 0 Å². The van der Waals surface area contributed by atoms with Gasteiger partial charge in [-0.3, -0.25) is 4.79 Å². The van der Waals surface area contributed by atoms with E-state index in [0.717, 1.165) is 30.5 Å². The first kappa shape index (κ1) is 10.0. The summed E-state index contributed by atoms with van der Waals surface area (Å²) in [7, 11) is 0. The van der Waals surface area contributed by atoms with Gasteiger partial charge in [-0.05, 0) is 30.5 Å². The first-order valence-corrected chi connectivity index (χ1v) is 5.40. The van der Waals surface area contributed by atoms with Gasteiger partial charge in [0.25, 0.3) is 0 Å². The second-order valence-corrected chi connectivity index (χ2v) is 4.04. The average Bonchev–Trinajstić information content (AvgIpc) is 2.43. The Bertz CT molecular complexity index is 362. The van der Waals surface area contributed by atoms with E-state index in [-0.39, 0.29) is 11.9 Å². The molecule has 1 saturated heterocycles. The van der Waals surface area contributed by atoms with Gasteiger partial charge < -0.3 is 11.1 Å². The summed E-state index contributed by atoms with van der Waals surface area (Å²) in [5, 5.41) is 3.03. The minimum atomic E-state index is 0.142. The van der Waals surface area contributed by atoms with Crippen LogP contribution in [-0.2, 0) is 4.79 Å². The standard InChI is InChI=1S/C12H16N2O/c13-10-5-3-4-9(8-10)11-6-1-2-7-12(15)14-11/h3-5,8,11H,1-2,6-7,13H2,(H,14,15). The summed E-state index contributed by atoms with van der Waals surface area (Å²) in [6, 6.07) is 7.90. The summed E-state index contributed by atoms with van der Waals surface area (Å²) in [4.78, 5) is 11.4. The summed E-state index contributed by atoms with van der Waals surface area (Å²) in [6.07, 6.45) is 3.75. The zero-order valence-corrected chi connectivity index (χ0v) is 8.70. The van der Waals surface area contributed by atoms with Gasteiger partial charge in [0.15, 0.2) is 0 Å². The van der Waals surface area contributed by atoms with E-state index < -0.39 is 0 Å². The van der Waals surface area contributed by atoms with Crippen LogP contribution in [0.1, 0.15) is 37.3 Å². The third-order valence-corrected chi connectivity index (χ3v) is 2.79. The van der Waals surface area contributed by atoms with Crippen molar-refractivity contribution in [3.05, 3.63) is 29.8 Å². The molecule has 3 nitrogen and oxygen atoms in total. The summed E-state index contributed by atoms with van der Waals surface area (Å²) in [5.74, 6) is 0.153. The largest absolute Gasteiger partial charge is 0.399 e. The fourth-order valence-corrected chi connectivity index (χ4v) is 2.00. The maximum Gasteiger partial charge on any atom is 0.220 e. The Hall–Kier alpha value is -1.51. The molecule has 1 amide bonds. The molecular formula is C12H16N2O. The normalized spacial score (nSPS) is 21.9. The van der Waals surface area contributed by atoms with Gasteiger partial charge in [-0.25, -0.2) is 0 Å². The number of hydrogen-bond acceptors (Lipinski definition) is 2. The van der Waals surface area contributed by atoms with Crippen LogP contribution in [0.25, 0.3) is 0 Å². The van der Waals surface area contributed by atoms with Crippen LogP contribution < -0.4 is 11.1 Å². The smallest absolute Gasteiger partial charge is 0.220 e. The molecule has 1 fully saturated rings. The van der Waals surface area contributed by atoms with Crippen LogP contribution in [0.5, 0.6) is 0 Å². The van der Waals surface area contributed by atoms with Gasteiger partial charge in [-0.1, -0.05) is 18.6 Å². The second-order valence-electron chi connectivity index (χ2n) is 4.04. The van der Waals surface area contributed by atoms with E-state index in [4.69, 9.17) is 5.73 Å². The van der Waals surface area contributed by atoms with Crippen molar-refractivity contribution in [1.82, 2.24) is 5.32 Å². The van der Waals surface area contributed by atoms with E-state index in [9.17, 15) is 4.79 Å². The Morgan fingerprint density at radius 2 is 2.20 bits per heavy atom. The van der Waals surface area contributed by atoms with Crippen LogP contribution in [-0.4, -0.2) is 5.91 Å². The number of hydrogen-bond donors (Lipinski definition) is 2. The van der Waals surface area contributed by atoms with Gasteiger partial charge in [-0.15, -0.1) is 0 Å². The van der Waals surface area contributed by atoms with Crippen LogP contribution in [0.15, 0.2) is 24.3 Å². The Balaban J connectivity index is 2.18. The highest BCUT2D eigenvalue weighted by Crippen LogP contribution is 2.24. The third-order valence-electron chi connectivity index (χ3n) is 2.79. The van der Waals surface area contributed by atoms with Crippen LogP contribution in [0, 0.1) is 0 Å². The zero-order valence-electron chi connectivity index (χ0n) is 8.70. The van der Waals surface area contributed by atoms with Crippen LogP contribution in [0.3, 0.4) is 0 Å². The van der Waals surface area contributed by atoms with Crippen molar-refractivity contribution in [2.45, 2.75) is 31.7 Å². The molecule has 0 bridgehead atoms. The van der Waals surface area contributed by atoms with Gasteiger partial charge in [0.1, 0.15) is 0 Å². The Morgan fingerprint density at radius 3 is 3.00 bits per heavy atom. The van der Waals surface area contributed by atoms with Gasteiger partial charge in [0, 0.05) is 12.1 Å². The molecule has 1 aromatic carbocycles. The summed E-state index contributed by atoms with van der Waals surface area (Å²) in [5.41, 5.74) is 7.60. The van der Waals surface area contributed by atoms with Gasteiger partial charge in [-0.2, -0.15) is 0 Å². The van der Waals surface area contributed by atoms with Crippen molar-refractivity contribution in [2.75, 3.05) is 5.73 Å². The number of benzene rings is 1. The molecule has 0 spiro atoms. The lowest BCUT2D eigenvalue weighted by molar-refractivity contribution is -0.121. The molecule has 1 atom stereocenters. The first-order chi connectivity index (χ1) is 7.25. The number of carbonyl (C=O) groups is 1. The average molecular weight is 204 g/mol. The molecule has 1 aliphatic heterocycles. The molecule has 2 rings (SSSR count). The molecule has 1 aromatic rings. The Kier molecular flexibility index (Phi) is 2.90. The summed E-state index contributed by atoms with van der Waals surface area (Å²) in [6.45, 7) is 0. The zero-order chi connectivity index (χ0) is 10.7. The molecule has 3 N–H and O–H groups in total. The molecule has 0 aromatic heterocycles. The third kappa shape index (κ3) is 2.49. The maximum atomic E-state index is 11.4. The number of nitrogens with two attached hydrogens (primary N) is 1. The molecule has 3 heteroatoms. The van der Waals surface area contributed by atoms with E-state index in [0.29, 0.717) is 6.42 Å². The molecular weight excluding hydrogens is 188 g/mol. The summed E-state index contributed by atoms with van der Waals surface area (Å²) >= 11 is 0. The lowest BCUT2D eigenvalue weighted by atomic mass is 10.0. The topological polar surface area (TPSA) is 55.1 Å². The molecule has 0 radical (unpaired) electrons. The van der Waals surface area contributed by atoms with Crippen molar-refractivity contribution in [3.8, 4) is 0 Å². The monoisotopic (exact) mass is 204 g/mol. The molecule has 15 heavy (non-hydrogen) atoms. The molecule has 0 saturated carbocycles. The quantitative estimate of drug-likeness (QED) is 0.687. The molecule has 0 aliphatic carbocycles. The van der Waals surface area contributed by atoms with E-state index >= 15 is 0 Å². The number of amides is 1. The number of nitrogen functional groups attached to an aromatic ring is 1. The van der Waals surface area contributed by atoms with Gasteiger partial charge in [0.05, 0.1) is 6.04 Å². The lowest BCUT2D eigenvalue weighted by Crippen LogP contribution is -2.26. The number of carbonyl (C=O) groups excluding carboxylic acids is 1. The fourth-order valence-electron chi connectivity index (χ4n) is 2.00. The van der Waals surface area contributed by atoms with Gasteiger partial charge in [0.2, 0.25) is 5.91 Å². The van der Waals surface area contributed by atoms with Crippen LogP contribution >= 0.6 is 0 Å². The predicted molar refractivity (Wildman–Crippen MR) is 60.2 cm³/mol.